The SMILES string of the molecule is COc1cc(CNC(C)C)ccc1OCC=C(C)C. The maximum Gasteiger partial charge on any atom is 0.161 e. The van der Waals surface area contributed by atoms with Gasteiger partial charge in [-0.05, 0) is 37.6 Å². The van der Waals surface area contributed by atoms with Crippen LogP contribution in [0.15, 0.2) is 29.8 Å². The predicted octanol–water partition coefficient (Wildman–Crippen LogP) is 3.54. The van der Waals surface area contributed by atoms with Gasteiger partial charge < -0.3 is 14.8 Å². The summed E-state index contributed by atoms with van der Waals surface area (Å²) in [5.41, 5.74) is 2.44. The monoisotopic (exact) mass is 263 g/mol. The standard InChI is InChI=1S/C16H25NO2/c1-12(2)8-9-19-15-7-6-14(10-16(15)18-5)11-17-13(3)4/h6-8,10,13,17H,9,11H2,1-5H3. The molecule has 0 unspecified atom stereocenters. The van der Waals surface area contributed by atoms with Gasteiger partial charge in [-0.1, -0.05) is 25.5 Å². The van der Waals surface area contributed by atoms with Crippen LogP contribution in [-0.2, 0) is 6.54 Å². The van der Waals surface area contributed by atoms with Crippen molar-refractivity contribution in [1.82, 2.24) is 5.32 Å². The van der Waals surface area contributed by atoms with Crippen molar-refractivity contribution in [2.45, 2.75) is 40.3 Å². The summed E-state index contributed by atoms with van der Waals surface area (Å²) in [6, 6.07) is 6.53. The zero-order valence-corrected chi connectivity index (χ0v) is 12.6. The smallest absolute Gasteiger partial charge is 0.161 e. The fourth-order valence-corrected chi connectivity index (χ4v) is 1.56. The van der Waals surface area contributed by atoms with Crippen LogP contribution in [0.4, 0.5) is 0 Å². The third kappa shape index (κ3) is 5.79. The number of rotatable bonds is 7. The molecule has 0 bridgehead atoms. The second-order valence-electron chi connectivity index (χ2n) is 5.11. The zero-order valence-electron chi connectivity index (χ0n) is 12.6. The summed E-state index contributed by atoms with van der Waals surface area (Å²) in [5.74, 6) is 1.57. The van der Waals surface area contributed by atoms with Crippen LogP contribution in [0.25, 0.3) is 0 Å². The van der Waals surface area contributed by atoms with E-state index in [-0.39, 0.29) is 0 Å². The molecule has 0 aliphatic heterocycles. The predicted molar refractivity (Wildman–Crippen MR) is 79.9 cm³/mol. The molecular formula is C16H25NO2. The first kappa shape index (κ1) is 15.6. The molecule has 0 radical (unpaired) electrons. The number of nitrogens with one attached hydrogen (secondary N) is 1. The van der Waals surface area contributed by atoms with Crippen molar-refractivity contribution in [2.24, 2.45) is 0 Å². The van der Waals surface area contributed by atoms with Crippen LogP contribution < -0.4 is 14.8 Å². The summed E-state index contributed by atoms with van der Waals surface area (Å²) < 4.78 is 11.1. The average Bonchev–Trinajstić information content (AvgIpc) is 2.36. The lowest BCUT2D eigenvalue weighted by Gasteiger charge is -2.13. The van der Waals surface area contributed by atoms with E-state index in [1.54, 1.807) is 7.11 Å². The van der Waals surface area contributed by atoms with Gasteiger partial charge in [-0.15, -0.1) is 0 Å². The maximum absolute atomic E-state index is 5.70. The van der Waals surface area contributed by atoms with E-state index in [1.165, 1.54) is 11.1 Å². The van der Waals surface area contributed by atoms with E-state index in [4.69, 9.17) is 9.47 Å². The van der Waals surface area contributed by atoms with Crippen LogP contribution >= 0.6 is 0 Å². The normalized spacial score (nSPS) is 10.4. The Hall–Kier alpha value is -1.48. The highest BCUT2D eigenvalue weighted by molar-refractivity contribution is 5.43. The van der Waals surface area contributed by atoms with Gasteiger partial charge in [0, 0.05) is 12.6 Å². The molecule has 106 valence electrons. The highest BCUT2D eigenvalue weighted by atomic mass is 16.5. The van der Waals surface area contributed by atoms with Crippen molar-refractivity contribution in [2.75, 3.05) is 13.7 Å². The molecule has 0 saturated heterocycles. The number of hydrogen-bond acceptors (Lipinski definition) is 3. The van der Waals surface area contributed by atoms with E-state index in [2.05, 4.69) is 39.1 Å². The quantitative estimate of drug-likeness (QED) is 0.763. The molecule has 0 spiro atoms. The van der Waals surface area contributed by atoms with Gasteiger partial charge in [-0.3, -0.25) is 0 Å². The highest BCUT2D eigenvalue weighted by Crippen LogP contribution is 2.28. The first-order chi connectivity index (χ1) is 9.02. The van der Waals surface area contributed by atoms with Gasteiger partial charge >= 0.3 is 0 Å². The first-order valence-electron chi connectivity index (χ1n) is 6.69. The molecule has 0 heterocycles. The van der Waals surface area contributed by atoms with Crippen LogP contribution in [0.5, 0.6) is 11.5 Å². The Morgan fingerprint density at radius 1 is 1.26 bits per heavy atom. The lowest BCUT2D eigenvalue weighted by molar-refractivity contribution is 0.325. The summed E-state index contributed by atoms with van der Waals surface area (Å²) >= 11 is 0. The van der Waals surface area contributed by atoms with Crippen LogP contribution in [0.1, 0.15) is 33.3 Å². The van der Waals surface area contributed by atoms with Crippen molar-refractivity contribution in [1.29, 1.82) is 0 Å². The lowest BCUT2D eigenvalue weighted by atomic mass is 10.2. The van der Waals surface area contributed by atoms with Crippen LogP contribution in [0.2, 0.25) is 0 Å². The van der Waals surface area contributed by atoms with Gasteiger partial charge in [-0.25, -0.2) is 0 Å². The van der Waals surface area contributed by atoms with Crippen LogP contribution in [0.3, 0.4) is 0 Å². The molecule has 3 heteroatoms. The number of benzene rings is 1. The molecule has 0 aliphatic carbocycles. The Kier molecular flexibility index (Phi) is 6.43. The third-order valence-corrected chi connectivity index (χ3v) is 2.67. The Bertz CT molecular complexity index is 421. The van der Waals surface area contributed by atoms with E-state index in [1.807, 2.05) is 18.2 Å². The van der Waals surface area contributed by atoms with E-state index in [0.717, 1.165) is 18.0 Å². The Morgan fingerprint density at radius 3 is 2.58 bits per heavy atom. The second-order valence-corrected chi connectivity index (χ2v) is 5.11. The Labute approximate surface area is 116 Å². The fraction of sp³-hybridized carbons (Fsp3) is 0.500. The molecule has 0 saturated carbocycles. The van der Waals surface area contributed by atoms with E-state index in [9.17, 15) is 0 Å². The minimum Gasteiger partial charge on any atom is -0.493 e. The van der Waals surface area contributed by atoms with Crippen molar-refractivity contribution < 1.29 is 9.47 Å². The molecule has 0 fully saturated rings. The number of methoxy groups -OCH3 is 1. The zero-order chi connectivity index (χ0) is 14.3. The summed E-state index contributed by atoms with van der Waals surface area (Å²) in [5, 5.41) is 3.38. The van der Waals surface area contributed by atoms with Gasteiger partial charge in [0.1, 0.15) is 6.61 Å². The fourth-order valence-electron chi connectivity index (χ4n) is 1.56. The largest absolute Gasteiger partial charge is 0.493 e. The molecule has 0 atom stereocenters. The Balaban J connectivity index is 2.70. The number of ether oxygens (including phenoxy) is 2. The van der Waals surface area contributed by atoms with Crippen molar-refractivity contribution in [3.05, 3.63) is 35.4 Å². The average molecular weight is 263 g/mol. The van der Waals surface area contributed by atoms with Gasteiger partial charge in [-0.2, -0.15) is 0 Å². The summed E-state index contributed by atoms with van der Waals surface area (Å²) in [6.45, 7) is 9.79. The molecular weight excluding hydrogens is 238 g/mol. The minimum atomic E-state index is 0.472. The van der Waals surface area contributed by atoms with Gasteiger partial charge in [0.25, 0.3) is 0 Å². The van der Waals surface area contributed by atoms with Crippen molar-refractivity contribution >= 4 is 0 Å². The number of hydrogen-bond donors (Lipinski definition) is 1. The second kappa shape index (κ2) is 7.85. The molecule has 1 aromatic rings. The number of allylic oxidation sites excluding steroid dienone is 1. The Morgan fingerprint density at radius 2 is 2.00 bits per heavy atom. The topological polar surface area (TPSA) is 30.5 Å². The molecule has 0 amide bonds. The molecule has 1 aromatic carbocycles. The lowest BCUT2D eigenvalue weighted by Crippen LogP contribution is -2.21. The first-order valence-corrected chi connectivity index (χ1v) is 6.69. The third-order valence-electron chi connectivity index (χ3n) is 2.67. The summed E-state index contributed by atoms with van der Waals surface area (Å²) in [4.78, 5) is 0. The molecule has 0 aliphatic rings. The van der Waals surface area contributed by atoms with Crippen molar-refractivity contribution in [3.63, 3.8) is 0 Å². The molecule has 0 aromatic heterocycles. The molecule has 1 N–H and O–H groups in total. The van der Waals surface area contributed by atoms with Gasteiger partial charge in [0.15, 0.2) is 11.5 Å². The van der Waals surface area contributed by atoms with E-state index in [0.29, 0.717) is 12.6 Å². The summed E-state index contributed by atoms with van der Waals surface area (Å²) in [6.07, 6.45) is 2.05. The van der Waals surface area contributed by atoms with Crippen LogP contribution in [-0.4, -0.2) is 19.8 Å². The molecule has 19 heavy (non-hydrogen) atoms. The minimum absolute atomic E-state index is 0.472. The summed E-state index contributed by atoms with van der Waals surface area (Å²) in [7, 11) is 1.67. The molecule has 1 rings (SSSR count). The highest BCUT2D eigenvalue weighted by Gasteiger charge is 2.05. The maximum atomic E-state index is 5.70. The van der Waals surface area contributed by atoms with Gasteiger partial charge in [0.2, 0.25) is 0 Å². The van der Waals surface area contributed by atoms with E-state index >= 15 is 0 Å². The van der Waals surface area contributed by atoms with Crippen LogP contribution in [0, 0.1) is 0 Å². The van der Waals surface area contributed by atoms with Gasteiger partial charge in [0.05, 0.1) is 7.11 Å². The van der Waals surface area contributed by atoms with E-state index < -0.39 is 0 Å². The van der Waals surface area contributed by atoms with Crippen molar-refractivity contribution in [3.8, 4) is 11.5 Å². The molecule has 3 nitrogen and oxygen atoms in total.